The van der Waals surface area contributed by atoms with Crippen LogP contribution in [-0.2, 0) is 26.1 Å². The molecule has 0 N–H and O–H groups in total. The van der Waals surface area contributed by atoms with E-state index in [1.165, 1.54) is 7.11 Å². The highest BCUT2D eigenvalue weighted by Crippen LogP contribution is 2.30. The molecule has 0 spiro atoms. The quantitative estimate of drug-likeness (QED) is 0.609. The third-order valence-corrected chi connectivity index (χ3v) is 6.17. The van der Waals surface area contributed by atoms with E-state index >= 15 is 0 Å². The number of hydrogen-bond acceptors (Lipinski definition) is 5. The molecule has 2 aliphatic heterocycles. The molecule has 0 atom stereocenters. The summed E-state index contributed by atoms with van der Waals surface area (Å²) in [6.45, 7) is 2.51. The number of hydrogen-bond donors (Lipinski definition) is 0. The summed E-state index contributed by atoms with van der Waals surface area (Å²) in [6.07, 6.45) is 2.33. The first kappa shape index (κ1) is 20.5. The van der Waals surface area contributed by atoms with Crippen molar-refractivity contribution in [1.29, 1.82) is 0 Å². The predicted octanol–water partition coefficient (Wildman–Crippen LogP) is 2.79. The number of benzene rings is 1. The minimum absolute atomic E-state index is 0.0750. The molecule has 9 heteroatoms. The lowest BCUT2D eigenvalue weighted by Crippen LogP contribution is -2.41. The van der Waals surface area contributed by atoms with Crippen molar-refractivity contribution in [2.45, 2.75) is 26.1 Å². The third kappa shape index (κ3) is 3.60. The molecule has 0 radical (unpaired) electrons. The second-order valence-electron chi connectivity index (χ2n) is 7.87. The number of nitrogens with zero attached hydrogens (tertiary/aromatic N) is 5. The minimum atomic E-state index is -0.155. The average Bonchev–Trinajstić information content (AvgIpc) is 3.19. The van der Waals surface area contributed by atoms with Crippen molar-refractivity contribution >= 4 is 23.4 Å². The van der Waals surface area contributed by atoms with Crippen molar-refractivity contribution in [2.75, 3.05) is 20.2 Å². The van der Waals surface area contributed by atoms with Crippen LogP contribution in [0.4, 0.5) is 0 Å². The summed E-state index contributed by atoms with van der Waals surface area (Å²) in [5.41, 5.74) is 3.58. The van der Waals surface area contributed by atoms with Gasteiger partial charge in [0.2, 0.25) is 0 Å². The first-order valence-corrected chi connectivity index (χ1v) is 10.8. The first-order valence-electron chi connectivity index (χ1n) is 10.5. The highest BCUT2D eigenvalue weighted by Gasteiger charge is 2.35. The Labute approximate surface area is 190 Å². The third-order valence-electron chi connectivity index (χ3n) is 5.93. The zero-order valence-electron chi connectivity index (χ0n) is 17.6. The number of pyridine rings is 1. The number of fused-ring (bicyclic) bond motifs is 3. The molecule has 32 heavy (non-hydrogen) atoms. The molecular formula is C23H22ClN5O3. The highest BCUT2D eigenvalue weighted by atomic mass is 35.5. The lowest BCUT2D eigenvalue weighted by atomic mass is 10.0. The van der Waals surface area contributed by atoms with Gasteiger partial charge in [-0.2, -0.15) is 5.10 Å². The van der Waals surface area contributed by atoms with Gasteiger partial charge in [0.25, 0.3) is 11.8 Å². The second kappa shape index (κ2) is 8.27. The molecule has 0 bridgehead atoms. The Bertz CT molecular complexity index is 1190. The van der Waals surface area contributed by atoms with Gasteiger partial charge in [0.15, 0.2) is 0 Å². The molecule has 164 valence electrons. The summed E-state index contributed by atoms with van der Waals surface area (Å²) in [5.74, 6) is 0.203. The van der Waals surface area contributed by atoms with Gasteiger partial charge in [-0.1, -0.05) is 17.7 Å². The molecule has 0 saturated heterocycles. The SMILES string of the molecule is COc1cc(Cl)ccc1C(=O)N1CCc2nn3c(c2C1)C(=O)N(Cc1ccccn1)CC3. The molecule has 0 unspecified atom stereocenters. The van der Waals surface area contributed by atoms with Crippen LogP contribution < -0.4 is 4.74 Å². The monoisotopic (exact) mass is 451 g/mol. The molecule has 4 heterocycles. The maximum Gasteiger partial charge on any atom is 0.272 e. The summed E-state index contributed by atoms with van der Waals surface area (Å²) in [5, 5.41) is 5.17. The Balaban J connectivity index is 1.41. The average molecular weight is 452 g/mol. The van der Waals surface area contributed by atoms with E-state index in [0.717, 1.165) is 17.0 Å². The molecule has 2 amide bonds. The van der Waals surface area contributed by atoms with Gasteiger partial charge in [-0.3, -0.25) is 19.3 Å². The van der Waals surface area contributed by atoms with Crippen molar-refractivity contribution in [3.05, 3.63) is 75.8 Å². The summed E-state index contributed by atoms with van der Waals surface area (Å²) in [6, 6.07) is 10.7. The van der Waals surface area contributed by atoms with Crippen LogP contribution in [0.15, 0.2) is 42.6 Å². The van der Waals surface area contributed by atoms with Crippen molar-refractivity contribution < 1.29 is 14.3 Å². The molecule has 8 nitrogen and oxygen atoms in total. The van der Waals surface area contributed by atoms with Crippen LogP contribution in [0.3, 0.4) is 0 Å². The van der Waals surface area contributed by atoms with Gasteiger partial charge in [-0.15, -0.1) is 0 Å². The van der Waals surface area contributed by atoms with Crippen LogP contribution in [-0.4, -0.2) is 56.6 Å². The second-order valence-corrected chi connectivity index (χ2v) is 8.30. The number of carbonyl (C=O) groups is 2. The largest absolute Gasteiger partial charge is 0.496 e. The maximum absolute atomic E-state index is 13.3. The molecule has 2 aliphatic rings. The Morgan fingerprint density at radius 2 is 2.06 bits per heavy atom. The molecule has 3 aromatic rings. The van der Waals surface area contributed by atoms with Crippen LogP contribution in [0.2, 0.25) is 5.02 Å². The molecule has 0 fully saturated rings. The molecule has 5 rings (SSSR count). The van der Waals surface area contributed by atoms with Crippen molar-refractivity contribution in [3.63, 3.8) is 0 Å². The summed E-state index contributed by atoms with van der Waals surface area (Å²) in [7, 11) is 1.51. The summed E-state index contributed by atoms with van der Waals surface area (Å²) < 4.78 is 7.15. The van der Waals surface area contributed by atoms with Crippen molar-refractivity contribution in [1.82, 2.24) is 24.6 Å². The number of halogens is 1. The fraction of sp³-hybridized carbons (Fsp3) is 0.304. The zero-order valence-corrected chi connectivity index (χ0v) is 18.4. The predicted molar refractivity (Wildman–Crippen MR) is 118 cm³/mol. The van der Waals surface area contributed by atoms with Crippen LogP contribution in [0.5, 0.6) is 5.75 Å². The fourth-order valence-corrected chi connectivity index (χ4v) is 4.48. The molecule has 1 aromatic carbocycles. The van der Waals surface area contributed by atoms with Gasteiger partial charge in [-0.25, -0.2) is 0 Å². The fourth-order valence-electron chi connectivity index (χ4n) is 4.32. The van der Waals surface area contributed by atoms with E-state index in [9.17, 15) is 9.59 Å². The molecular weight excluding hydrogens is 430 g/mol. The minimum Gasteiger partial charge on any atom is -0.496 e. The van der Waals surface area contributed by atoms with Gasteiger partial charge in [0.05, 0.1) is 43.7 Å². The molecule has 0 saturated carbocycles. The Morgan fingerprint density at radius 1 is 1.19 bits per heavy atom. The van der Waals surface area contributed by atoms with E-state index in [4.69, 9.17) is 16.3 Å². The maximum atomic E-state index is 13.3. The standard InChI is InChI=1S/C23H22ClN5O3/c1-32-20-12-15(24)5-6-17(20)22(30)27-9-7-19-18(14-27)21-23(31)28(10-11-29(21)26-19)13-16-4-2-3-8-25-16/h2-6,8,12H,7,9-11,13-14H2,1H3. The van der Waals surface area contributed by atoms with Crippen molar-refractivity contribution in [3.8, 4) is 5.75 Å². The van der Waals surface area contributed by atoms with E-state index in [1.54, 1.807) is 38.9 Å². The lowest BCUT2D eigenvalue weighted by Gasteiger charge is -2.30. The van der Waals surface area contributed by atoms with Gasteiger partial charge < -0.3 is 14.5 Å². The molecule has 2 aromatic heterocycles. The van der Waals surface area contributed by atoms with Gasteiger partial charge >= 0.3 is 0 Å². The van der Waals surface area contributed by atoms with E-state index < -0.39 is 0 Å². The topological polar surface area (TPSA) is 80.6 Å². The number of amides is 2. The summed E-state index contributed by atoms with van der Waals surface area (Å²) >= 11 is 6.04. The number of methoxy groups -OCH3 is 1. The highest BCUT2D eigenvalue weighted by molar-refractivity contribution is 6.30. The van der Waals surface area contributed by atoms with E-state index in [0.29, 0.717) is 61.2 Å². The van der Waals surface area contributed by atoms with Crippen molar-refractivity contribution in [2.24, 2.45) is 0 Å². The Morgan fingerprint density at radius 3 is 2.84 bits per heavy atom. The Kier molecular flexibility index (Phi) is 5.30. The summed E-state index contributed by atoms with van der Waals surface area (Å²) in [4.78, 5) is 34.5. The lowest BCUT2D eigenvalue weighted by molar-refractivity contribution is 0.0668. The van der Waals surface area contributed by atoms with Crippen LogP contribution in [0.1, 0.15) is 37.8 Å². The van der Waals surface area contributed by atoms with Crippen LogP contribution in [0, 0.1) is 0 Å². The van der Waals surface area contributed by atoms with Crippen LogP contribution >= 0.6 is 11.6 Å². The number of rotatable bonds is 4. The van der Waals surface area contributed by atoms with E-state index in [-0.39, 0.29) is 11.8 Å². The van der Waals surface area contributed by atoms with Gasteiger partial charge in [0.1, 0.15) is 11.4 Å². The normalized spacial score (nSPS) is 15.4. The van der Waals surface area contributed by atoms with Crippen LogP contribution in [0.25, 0.3) is 0 Å². The number of aromatic nitrogens is 3. The van der Waals surface area contributed by atoms with Gasteiger partial charge in [0, 0.05) is 36.3 Å². The zero-order chi connectivity index (χ0) is 22.2. The van der Waals surface area contributed by atoms with E-state index in [1.807, 2.05) is 18.2 Å². The smallest absolute Gasteiger partial charge is 0.272 e. The Hall–Kier alpha value is -3.39. The first-order chi connectivity index (χ1) is 15.5. The van der Waals surface area contributed by atoms with Gasteiger partial charge in [-0.05, 0) is 30.3 Å². The van der Waals surface area contributed by atoms with E-state index in [2.05, 4.69) is 10.1 Å². The number of ether oxygens (including phenoxy) is 1. The number of carbonyl (C=O) groups excluding carboxylic acids is 2. The molecule has 0 aliphatic carbocycles.